The van der Waals surface area contributed by atoms with Crippen molar-refractivity contribution in [3.63, 3.8) is 0 Å². The molecular formula is C25H32F5N3O7S2. The van der Waals surface area contributed by atoms with Crippen LogP contribution < -0.4 is 10.6 Å². The highest BCUT2D eigenvalue weighted by Gasteiger charge is 2.43. The third-order valence-electron chi connectivity index (χ3n) is 5.95. The number of ether oxygens (including phenoxy) is 1. The Morgan fingerprint density at radius 3 is 2.12 bits per heavy atom. The normalized spacial score (nSPS) is 14.0. The molecule has 2 atom stereocenters. The number of halogens is 5. The predicted molar refractivity (Wildman–Crippen MR) is 142 cm³/mol. The van der Waals surface area contributed by atoms with Gasteiger partial charge in [-0.1, -0.05) is 20.8 Å². The first-order valence-corrected chi connectivity index (χ1v) is 14.6. The zero-order chi connectivity index (χ0) is 32.0. The van der Waals surface area contributed by atoms with Gasteiger partial charge in [0.2, 0.25) is 15.9 Å². The molecule has 1 heterocycles. The Labute approximate surface area is 243 Å². The molecule has 0 saturated heterocycles. The molecule has 0 radical (unpaired) electrons. The van der Waals surface area contributed by atoms with Crippen LogP contribution in [0.3, 0.4) is 0 Å². The van der Waals surface area contributed by atoms with Crippen LogP contribution in [0.2, 0.25) is 0 Å². The standard InChI is InChI=1S/C25H32F5N3O7S2/c1-24(2,3)7-8-33(42(38,39)14-9-16(26)15(12-34)17(27)10-14)18(13-35)19-5-6-20(41-19)22(25(28,29)30)32-21(36)11-31-23(37)40-4/h5-6,9-10,18,22,34-35H,7-8,11-13H2,1-4H3,(H,31,37)(H,32,36). The van der Waals surface area contributed by atoms with E-state index in [4.69, 9.17) is 0 Å². The summed E-state index contributed by atoms with van der Waals surface area (Å²) in [6, 6.07) is -0.839. The number of aliphatic hydroxyl groups excluding tert-OH is 2. The number of sulfonamides is 1. The number of rotatable bonds is 12. The molecule has 42 heavy (non-hydrogen) atoms. The quantitative estimate of drug-likeness (QED) is 0.257. The summed E-state index contributed by atoms with van der Waals surface area (Å²) >= 11 is 0.463. The first kappa shape index (κ1) is 35.3. The summed E-state index contributed by atoms with van der Waals surface area (Å²) in [5.74, 6) is -3.84. The van der Waals surface area contributed by atoms with Crippen LogP contribution in [-0.2, 0) is 26.2 Å². The van der Waals surface area contributed by atoms with E-state index in [1.807, 2.05) is 5.32 Å². The molecular weight excluding hydrogens is 613 g/mol. The van der Waals surface area contributed by atoms with E-state index in [9.17, 15) is 50.2 Å². The van der Waals surface area contributed by atoms with Crippen molar-refractivity contribution in [2.45, 2.75) is 57.0 Å². The van der Waals surface area contributed by atoms with Gasteiger partial charge < -0.3 is 25.6 Å². The Balaban J connectivity index is 2.53. The number of nitrogens with zero attached hydrogens (tertiary/aromatic N) is 1. The number of alkyl halides is 3. The first-order valence-electron chi connectivity index (χ1n) is 12.3. The van der Waals surface area contributed by atoms with Gasteiger partial charge in [0.1, 0.15) is 18.2 Å². The smallest absolute Gasteiger partial charge is 0.413 e. The van der Waals surface area contributed by atoms with Crippen LogP contribution >= 0.6 is 11.3 Å². The molecule has 0 bridgehead atoms. The molecule has 1 aromatic heterocycles. The van der Waals surface area contributed by atoms with E-state index >= 15 is 0 Å². The number of benzene rings is 1. The average Bonchev–Trinajstić information content (AvgIpc) is 3.35. The molecule has 2 unspecified atom stereocenters. The number of hydrogen-bond donors (Lipinski definition) is 4. The highest BCUT2D eigenvalue weighted by Crippen LogP contribution is 2.40. The van der Waals surface area contributed by atoms with Gasteiger partial charge in [0, 0.05) is 21.9 Å². The van der Waals surface area contributed by atoms with Crippen LogP contribution in [0.4, 0.5) is 26.7 Å². The number of alkyl carbamates (subject to hydrolysis) is 1. The lowest BCUT2D eigenvalue weighted by Crippen LogP contribution is -2.43. The van der Waals surface area contributed by atoms with Gasteiger partial charge in [-0.15, -0.1) is 11.3 Å². The summed E-state index contributed by atoms with van der Waals surface area (Å²) < 4.78 is 103. The number of aliphatic hydroxyl groups is 2. The summed E-state index contributed by atoms with van der Waals surface area (Å²) in [5, 5.41) is 23.1. The van der Waals surface area contributed by atoms with Crippen LogP contribution in [-0.4, -0.2) is 67.9 Å². The number of amides is 2. The lowest BCUT2D eigenvalue weighted by atomic mass is 9.92. The minimum absolute atomic E-state index is 0.0471. The van der Waals surface area contributed by atoms with Gasteiger partial charge in [-0.25, -0.2) is 22.0 Å². The van der Waals surface area contributed by atoms with E-state index in [-0.39, 0.29) is 17.8 Å². The van der Waals surface area contributed by atoms with Gasteiger partial charge in [0.05, 0.1) is 31.3 Å². The zero-order valence-electron chi connectivity index (χ0n) is 23.1. The van der Waals surface area contributed by atoms with Crippen molar-refractivity contribution < 1.29 is 54.9 Å². The van der Waals surface area contributed by atoms with Gasteiger partial charge in [0.15, 0.2) is 6.04 Å². The molecule has 0 aliphatic rings. The minimum atomic E-state index is -5.00. The molecule has 0 fully saturated rings. The Bertz CT molecular complexity index is 1340. The summed E-state index contributed by atoms with van der Waals surface area (Å²) in [6.07, 6.45) is -5.85. The van der Waals surface area contributed by atoms with Crippen LogP contribution in [0.5, 0.6) is 0 Å². The SMILES string of the molecule is COC(=O)NCC(=O)NC(c1ccc(C(CO)N(CCC(C)(C)C)S(=O)(=O)c2cc(F)c(CO)c(F)c2)s1)C(F)(F)F. The predicted octanol–water partition coefficient (Wildman–Crippen LogP) is 3.75. The zero-order valence-corrected chi connectivity index (χ0v) is 24.7. The number of carbonyl (C=O) groups is 2. The number of hydrogen-bond acceptors (Lipinski definition) is 8. The molecule has 1 aromatic carbocycles. The fourth-order valence-electron chi connectivity index (χ4n) is 3.68. The molecule has 0 spiro atoms. The number of thiophene rings is 1. The van der Waals surface area contributed by atoms with Gasteiger partial charge in [-0.3, -0.25) is 4.79 Å². The summed E-state index contributed by atoms with van der Waals surface area (Å²) in [7, 11) is -3.76. The third-order valence-corrected chi connectivity index (χ3v) is 9.09. The van der Waals surface area contributed by atoms with Crippen molar-refractivity contribution >= 4 is 33.4 Å². The summed E-state index contributed by atoms with van der Waals surface area (Å²) in [5.41, 5.74) is -1.21. The van der Waals surface area contributed by atoms with E-state index in [0.29, 0.717) is 23.5 Å². The highest BCUT2D eigenvalue weighted by molar-refractivity contribution is 7.89. The molecule has 2 rings (SSSR count). The van der Waals surface area contributed by atoms with E-state index in [1.165, 1.54) is 0 Å². The molecule has 17 heteroatoms. The van der Waals surface area contributed by atoms with Crippen LogP contribution in [0, 0.1) is 17.0 Å². The number of methoxy groups -OCH3 is 1. The lowest BCUT2D eigenvalue weighted by molar-refractivity contribution is -0.162. The first-order chi connectivity index (χ1) is 19.3. The van der Waals surface area contributed by atoms with Crippen LogP contribution in [0.1, 0.15) is 54.6 Å². The summed E-state index contributed by atoms with van der Waals surface area (Å²) in [4.78, 5) is 21.9. The molecule has 0 aliphatic heterocycles. The largest absolute Gasteiger partial charge is 0.453 e. The molecule has 0 saturated carbocycles. The van der Waals surface area contributed by atoms with E-state index in [2.05, 4.69) is 4.74 Å². The monoisotopic (exact) mass is 645 g/mol. The van der Waals surface area contributed by atoms with Crippen molar-refractivity contribution in [1.29, 1.82) is 0 Å². The molecule has 4 N–H and O–H groups in total. The van der Waals surface area contributed by atoms with Crippen LogP contribution in [0.25, 0.3) is 0 Å². The van der Waals surface area contributed by atoms with Crippen molar-refractivity contribution in [3.05, 3.63) is 51.2 Å². The highest BCUT2D eigenvalue weighted by atomic mass is 32.2. The van der Waals surface area contributed by atoms with Crippen LogP contribution in [0.15, 0.2) is 29.2 Å². The van der Waals surface area contributed by atoms with Gasteiger partial charge >= 0.3 is 12.3 Å². The topological polar surface area (TPSA) is 145 Å². The van der Waals surface area contributed by atoms with Crippen molar-refractivity contribution in [2.24, 2.45) is 5.41 Å². The van der Waals surface area contributed by atoms with E-state index in [0.717, 1.165) is 23.5 Å². The second kappa shape index (κ2) is 14.1. The second-order valence-corrected chi connectivity index (χ2v) is 13.3. The number of carbonyl (C=O) groups excluding carboxylic acids is 2. The van der Waals surface area contributed by atoms with E-state index < -0.39 is 92.4 Å². The minimum Gasteiger partial charge on any atom is -0.453 e. The Morgan fingerprint density at radius 1 is 1.07 bits per heavy atom. The number of nitrogens with one attached hydrogen (secondary N) is 2. The lowest BCUT2D eigenvalue weighted by Gasteiger charge is -2.32. The maximum atomic E-state index is 14.4. The fraction of sp³-hybridized carbons (Fsp3) is 0.520. The van der Waals surface area contributed by atoms with Gasteiger partial charge in [-0.2, -0.15) is 17.5 Å². The maximum absolute atomic E-state index is 14.4. The fourth-order valence-corrected chi connectivity index (χ4v) is 6.56. The molecule has 2 aromatic rings. The Kier molecular flexibility index (Phi) is 11.8. The van der Waals surface area contributed by atoms with Crippen molar-refractivity contribution in [1.82, 2.24) is 14.9 Å². The van der Waals surface area contributed by atoms with Crippen molar-refractivity contribution in [3.8, 4) is 0 Å². The van der Waals surface area contributed by atoms with Gasteiger partial charge in [-0.05, 0) is 36.1 Å². The van der Waals surface area contributed by atoms with Crippen molar-refractivity contribution in [2.75, 3.05) is 26.8 Å². The molecule has 2 amide bonds. The second-order valence-electron chi connectivity index (χ2n) is 10.3. The van der Waals surface area contributed by atoms with Gasteiger partial charge in [0.25, 0.3) is 0 Å². The van der Waals surface area contributed by atoms with E-state index in [1.54, 1.807) is 26.1 Å². The third kappa shape index (κ3) is 9.07. The maximum Gasteiger partial charge on any atom is 0.413 e. The molecule has 0 aliphatic carbocycles. The average molecular weight is 646 g/mol. The Hall–Kier alpha value is -2.86. The summed E-state index contributed by atoms with van der Waals surface area (Å²) in [6.45, 7) is 2.32. The molecule has 236 valence electrons. The molecule has 10 nitrogen and oxygen atoms in total. The Morgan fingerprint density at radius 2 is 1.64 bits per heavy atom.